The lowest BCUT2D eigenvalue weighted by Crippen LogP contribution is -2.22. The van der Waals surface area contributed by atoms with Crippen LogP contribution >= 0.6 is 0 Å². The predicted octanol–water partition coefficient (Wildman–Crippen LogP) is 4.08. The summed E-state index contributed by atoms with van der Waals surface area (Å²) in [6.07, 6.45) is 2.22. The summed E-state index contributed by atoms with van der Waals surface area (Å²) in [6, 6.07) is 23.7. The Labute approximate surface area is 158 Å². The van der Waals surface area contributed by atoms with Gasteiger partial charge in [-0.2, -0.15) is 5.26 Å². The minimum absolute atomic E-state index is 0.0908. The molecule has 1 amide bonds. The second kappa shape index (κ2) is 7.35. The molecule has 4 heteroatoms. The molecule has 0 saturated carbocycles. The number of carbonyl (C=O) groups excluding carboxylic acids is 1. The van der Waals surface area contributed by atoms with Gasteiger partial charge in [0.15, 0.2) is 6.19 Å². The number of nitrogens with zero attached hydrogens (tertiary/aromatic N) is 2. The molecule has 0 aromatic heterocycles. The van der Waals surface area contributed by atoms with E-state index in [9.17, 15) is 10.1 Å². The molecule has 1 aliphatic rings. The monoisotopic (exact) mass is 353 g/mol. The van der Waals surface area contributed by atoms with Crippen LogP contribution in [0.3, 0.4) is 0 Å². The number of nitrogens with one attached hydrogen (secondary N) is 1. The summed E-state index contributed by atoms with van der Waals surface area (Å²) in [6.45, 7) is 1.77. The first-order valence-electron chi connectivity index (χ1n) is 8.92. The van der Waals surface area contributed by atoms with E-state index >= 15 is 0 Å². The quantitative estimate of drug-likeness (QED) is 0.719. The van der Waals surface area contributed by atoms with E-state index in [2.05, 4.69) is 23.6 Å². The van der Waals surface area contributed by atoms with E-state index in [1.165, 1.54) is 11.1 Å². The molecule has 4 rings (SSSR count). The number of hydrogen-bond donors (Lipinski definition) is 1. The summed E-state index contributed by atoms with van der Waals surface area (Å²) in [4.78, 5) is 14.3. The Bertz CT molecular complexity index is 1020. The van der Waals surface area contributed by atoms with E-state index in [4.69, 9.17) is 0 Å². The summed E-state index contributed by atoms with van der Waals surface area (Å²) < 4.78 is 0. The van der Waals surface area contributed by atoms with Crippen LogP contribution in [0.15, 0.2) is 72.8 Å². The predicted molar refractivity (Wildman–Crippen MR) is 104 cm³/mol. The van der Waals surface area contributed by atoms with Gasteiger partial charge in [0.05, 0.1) is 13.1 Å². The number of hydrogen-bond acceptors (Lipinski definition) is 3. The molecule has 1 N–H and O–H groups in total. The first kappa shape index (κ1) is 16.9. The Morgan fingerprint density at radius 3 is 2.63 bits per heavy atom. The maximum atomic E-state index is 12.6. The van der Waals surface area contributed by atoms with Crippen LogP contribution in [0.4, 0.5) is 0 Å². The molecular weight excluding hydrogens is 334 g/mol. The fraction of sp³-hybridized carbons (Fsp3) is 0.130. The van der Waals surface area contributed by atoms with Gasteiger partial charge >= 0.3 is 0 Å². The number of rotatable bonds is 4. The zero-order valence-electron chi connectivity index (χ0n) is 14.9. The minimum atomic E-state index is -0.0908. The number of carbonyl (C=O) groups is 1. The third kappa shape index (κ3) is 3.54. The second-order valence-electron chi connectivity index (χ2n) is 6.65. The van der Waals surface area contributed by atoms with E-state index in [0.717, 1.165) is 16.7 Å². The highest BCUT2D eigenvalue weighted by molar-refractivity contribution is 5.95. The zero-order chi connectivity index (χ0) is 18.6. The summed E-state index contributed by atoms with van der Waals surface area (Å²) >= 11 is 0. The topological polar surface area (TPSA) is 56.1 Å². The number of benzene rings is 3. The first-order chi connectivity index (χ1) is 13.2. The van der Waals surface area contributed by atoms with Gasteiger partial charge in [-0.05, 0) is 39.9 Å². The molecule has 0 bridgehead atoms. The Balaban J connectivity index is 1.56. The zero-order valence-corrected chi connectivity index (χ0v) is 14.9. The molecule has 132 valence electrons. The van der Waals surface area contributed by atoms with E-state index in [1.54, 1.807) is 4.90 Å². The highest BCUT2D eigenvalue weighted by atomic mass is 16.1. The molecule has 27 heavy (non-hydrogen) atoms. The highest BCUT2D eigenvalue weighted by Crippen LogP contribution is 2.32. The molecule has 3 aromatic carbocycles. The smallest absolute Gasteiger partial charge is 0.251 e. The Kier molecular flexibility index (Phi) is 4.59. The number of fused-ring (bicyclic) bond motifs is 1. The maximum absolute atomic E-state index is 12.6. The molecule has 0 saturated heterocycles. The van der Waals surface area contributed by atoms with Crippen molar-refractivity contribution in [1.29, 1.82) is 5.26 Å². The molecule has 0 spiro atoms. The van der Waals surface area contributed by atoms with Gasteiger partial charge < -0.3 is 10.2 Å². The maximum Gasteiger partial charge on any atom is 0.251 e. The van der Waals surface area contributed by atoms with Crippen molar-refractivity contribution in [3.63, 3.8) is 0 Å². The Morgan fingerprint density at radius 2 is 1.81 bits per heavy atom. The fourth-order valence-corrected chi connectivity index (χ4v) is 3.47. The van der Waals surface area contributed by atoms with Crippen molar-refractivity contribution < 1.29 is 4.79 Å². The Hall–Kier alpha value is -3.58. The van der Waals surface area contributed by atoms with E-state index in [1.807, 2.05) is 60.7 Å². The number of nitriles is 1. The summed E-state index contributed by atoms with van der Waals surface area (Å²) in [7, 11) is 0. The van der Waals surface area contributed by atoms with Gasteiger partial charge in [0, 0.05) is 12.1 Å². The standard InChI is InChI=1S/C23H19N3O/c24-16-26-14-20-10-5-11-21(22(20)15-26)18-8-4-9-19(12-18)23(27)25-13-17-6-2-1-3-7-17/h1-12H,13-15H2,(H,25,27). The van der Waals surface area contributed by atoms with Crippen molar-refractivity contribution in [2.24, 2.45) is 0 Å². The molecule has 0 atom stereocenters. The molecule has 3 aromatic rings. The van der Waals surface area contributed by atoms with Gasteiger partial charge in [0.25, 0.3) is 5.91 Å². The van der Waals surface area contributed by atoms with Crippen molar-refractivity contribution in [1.82, 2.24) is 10.2 Å². The van der Waals surface area contributed by atoms with Crippen LogP contribution in [0.5, 0.6) is 0 Å². The van der Waals surface area contributed by atoms with Crippen LogP contribution in [0.25, 0.3) is 11.1 Å². The van der Waals surface area contributed by atoms with Crippen LogP contribution < -0.4 is 5.32 Å². The van der Waals surface area contributed by atoms with E-state index < -0.39 is 0 Å². The first-order valence-corrected chi connectivity index (χ1v) is 8.92. The summed E-state index contributed by atoms with van der Waals surface area (Å²) in [5.41, 5.74) is 6.13. The van der Waals surface area contributed by atoms with Gasteiger partial charge in [-0.3, -0.25) is 4.79 Å². The van der Waals surface area contributed by atoms with Crippen molar-refractivity contribution in [2.45, 2.75) is 19.6 Å². The number of amides is 1. The normalized spacial score (nSPS) is 12.3. The average molecular weight is 353 g/mol. The third-order valence-corrected chi connectivity index (χ3v) is 4.86. The average Bonchev–Trinajstić information content (AvgIpc) is 3.16. The molecular formula is C23H19N3O. The van der Waals surface area contributed by atoms with Gasteiger partial charge in [-0.1, -0.05) is 60.7 Å². The van der Waals surface area contributed by atoms with Gasteiger partial charge in [-0.25, -0.2) is 0 Å². The molecule has 1 heterocycles. The van der Waals surface area contributed by atoms with Crippen molar-refractivity contribution in [3.05, 3.63) is 95.1 Å². The van der Waals surface area contributed by atoms with Gasteiger partial charge in [0.2, 0.25) is 0 Å². The SMILES string of the molecule is N#CN1Cc2cccc(-c3cccc(C(=O)NCc4ccccc4)c3)c2C1. The summed E-state index contributed by atoms with van der Waals surface area (Å²) in [5, 5.41) is 12.2. The van der Waals surface area contributed by atoms with Crippen molar-refractivity contribution in [2.75, 3.05) is 0 Å². The largest absolute Gasteiger partial charge is 0.348 e. The Morgan fingerprint density at radius 1 is 1.00 bits per heavy atom. The molecule has 0 unspecified atom stereocenters. The van der Waals surface area contributed by atoms with Crippen LogP contribution in [0, 0.1) is 11.5 Å². The molecule has 0 radical (unpaired) electrons. The lowest BCUT2D eigenvalue weighted by molar-refractivity contribution is 0.0951. The third-order valence-electron chi connectivity index (χ3n) is 4.86. The van der Waals surface area contributed by atoms with Crippen LogP contribution in [0.2, 0.25) is 0 Å². The van der Waals surface area contributed by atoms with Gasteiger partial charge in [0.1, 0.15) is 0 Å². The molecule has 4 nitrogen and oxygen atoms in total. The van der Waals surface area contributed by atoms with E-state index in [0.29, 0.717) is 25.2 Å². The van der Waals surface area contributed by atoms with Crippen LogP contribution in [0.1, 0.15) is 27.0 Å². The lowest BCUT2D eigenvalue weighted by Gasteiger charge is -2.10. The second-order valence-corrected chi connectivity index (χ2v) is 6.65. The summed E-state index contributed by atoms with van der Waals surface area (Å²) in [5.74, 6) is -0.0908. The van der Waals surface area contributed by atoms with E-state index in [-0.39, 0.29) is 5.91 Å². The molecule has 0 fully saturated rings. The molecule has 1 aliphatic heterocycles. The van der Waals surface area contributed by atoms with Gasteiger partial charge in [-0.15, -0.1) is 0 Å². The fourth-order valence-electron chi connectivity index (χ4n) is 3.47. The van der Waals surface area contributed by atoms with Crippen LogP contribution in [-0.2, 0) is 19.6 Å². The minimum Gasteiger partial charge on any atom is -0.348 e. The van der Waals surface area contributed by atoms with Crippen molar-refractivity contribution in [3.8, 4) is 17.3 Å². The molecule has 0 aliphatic carbocycles. The lowest BCUT2D eigenvalue weighted by atomic mass is 9.96. The van der Waals surface area contributed by atoms with Crippen molar-refractivity contribution >= 4 is 5.91 Å². The van der Waals surface area contributed by atoms with Crippen LogP contribution in [-0.4, -0.2) is 10.8 Å². The highest BCUT2D eigenvalue weighted by Gasteiger charge is 2.21.